The van der Waals surface area contributed by atoms with E-state index in [0.29, 0.717) is 0 Å². The van der Waals surface area contributed by atoms with Crippen molar-refractivity contribution in [3.8, 4) is 0 Å². The number of aliphatic hydroxyl groups excluding tert-OH is 1. The third-order valence-electron chi connectivity index (χ3n) is 4.97. The zero-order chi connectivity index (χ0) is 13.1. The van der Waals surface area contributed by atoms with Gasteiger partial charge in [-0.1, -0.05) is 36.8 Å². The molecule has 1 aliphatic carbocycles. The van der Waals surface area contributed by atoms with Crippen LogP contribution >= 0.6 is 0 Å². The van der Waals surface area contributed by atoms with E-state index in [4.69, 9.17) is 0 Å². The summed E-state index contributed by atoms with van der Waals surface area (Å²) in [5, 5.41) is 10.2. The van der Waals surface area contributed by atoms with Crippen molar-refractivity contribution in [1.82, 2.24) is 4.90 Å². The Labute approximate surface area is 116 Å². The van der Waals surface area contributed by atoms with Crippen LogP contribution in [0.3, 0.4) is 0 Å². The minimum atomic E-state index is -0.129. The second kappa shape index (κ2) is 5.64. The first kappa shape index (κ1) is 13.1. The van der Waals surface area contributed by atoms with E-state index in [9.17, 15) is 5.11 Å². The monoisotopic (exact) mass is 259 g/mol. The van der Waals surface area contributed by atoms with Gasteiger partial charge in [0.25, 0.3) is 0 Å². The maximum absolute atomic E-state index is 10.2. The molecule has 0 aromatic heterocycles. The second-order valence-corrected chi connectivity index (χ2v) is 6.20. The van der Waals surface area contributed by atoms with Gasteiger partial charge in [0.05, 0.1) is 6.10 Å². The molecule has 1 aromatic rings. The van der Waals surface area contributed by atoms with Crippen LogP contribution in [0.25, 0.3) is 0 Å². The van der Waals surface area contributed by atoms with E-state index in [1.54, 1.807) is 0 Å². The summed E-state index contributed by atoms with van der Waals surface area (Å²) >= 11 is 0. The summed E-state index contributed by atoms with van der Waals surface area (Å²) in [6.45, 7) is 2.39. The Morgan fingerprint density at radius 3 is 2.42 bits per heavy atom. The molecule has 2 heteroatoms. The third kappa shape index (κ3) is 2.56. The van der Waals surface area contributed by atoms with Crippen molar-refractivity contribution in [3.05, 3.63) is 35.9 Å². The molecule has 19 heavy (non-hydrogen) atoms. The van der Waals surface area contributed by atoms with Gasteiger partial charge in [-0.15, -0.1) is 0 Å². The van der Waals surface area contributed by atoms with Gasteiger partial charge in [0.2, 0.25) is 0 Å². The van der Waals surface area contributed by atoms with Crippen LogP contribution in [0.5, 0.6) is 0 Å². The minimum absolute atomic E-state index is 0.0966. The van der Waals surface area contributed by atoms with Gasteiger partial charge >= 0.3 is 0 Å². The maximum atomic E-state index is 10.2. The lowest BCUT2D eigenvalue weighted by molar-refractivity contribution is -0.0209. The van der Waals surface area contributed by atoms with Gasteiger partial charge in [0.1, 0.15) is 0 Å². The standard InChI is InChI=1S/C17H25NO/c19-16-10-7-11-17(14-16,15-8-3-1-4-9-15)18-12-5-2-6-13-18/h1,3-4,8-9,16,19H,2,5-7,10-14H2. The van der Waals surface area contributed by atoms with Gasteiger partial charge < -0.3 is 5.11 Å². The Balaban J connectivity index is 1.94. The van der Waals surface area contributed by atoms with Crippen LogP contribution in [0, 0.1) is 0 Å². The molecule has 1 N–H and O–H groups in total. The van der Waals surface area contributed by atoms with E-state index in [0.717, 1.165) is 19.3 Å². The average Bonchev–Trinajstić information content (AvgIpc) is 2.49. The first-order valence-corrected chi connectivity index (χ1v) is 7.80. The van der Waals surface area contributed by atoms with Crippen molar-refractivity contribution < 1.29 is 5.11 Å². The third-order valence-corrected chi connectivity index (χ3v) is 4.97. The van der Waals surface area contributed by atoms with E-state index in [1.807, 2.05) is 0 Å². The highest BCUT2D eigenvalue weighted by molar-refractivity contribution is 5.26. The molecule has 2 nitrogen and oxygen atoms in total. The van der Waals surface area contributed by atoms with Crippen molar-refractivity contribution in [3.63, 3.8) is 0 Å². The average molecular weight is 259 g/mol. The molecule has 2 unspecified atom stereocenters. The summed E-state index contributed by atoms with van der Waals surface area (Å²) in [6.07, 6.45) is 8.09. The SMILES string of the molecule is OC1CCCC(c2ccccc2)(N2CCCCC2)C1. The number of hydrogen-bond acceptors (Lipinski definition) is 2. The van der Waals surface area contributed by atoms with E-state index < -0.39 is 0 Å². The number of aliphatic hydroxyl groups is 1. The summed E-state index contributed by atoms with van der Waals surface area (Å²) in [6, 6.07) is 10.9. The summed E-state index contributed by atoms with van der Waals surface area (Å²) in [5.74, 6) is 0. The van der Waals surface area contributed by atoms with E-state index in [-0.39, 0.29) is 11.6 Å². The van der Waals surface area contributed by atoms with Crippen molar-refractivity contribution in [2.45, 2.75) is 56.6 Å². The van der Waals surface area contributed by atoms with E-state index >= 15 is 0 Å². The van der Waals surface area contributed by atoms with Crippen LogP contribution in [-0.4, -0.2) is 29.2 Å². The highest BCUT2D eigenvalue weighted by atomic mass is 16.3. The molecule has 1 heterocycles. The number of hydrogen-bond donors (Lipinski definition) is 1. The lowest BCUT2D eigenvalue weighted by Gasteiger charge is -2.49. The molecule has 2 aliphatic rings. The molecule has 104 valence electrons. The van der Waals surface area contributed by atoms with Gasteiger partial charge in [-0.05, 0) is 57.2 Å². The number of rotatable bonds is 2. The van der Waals surface area contributed by atoms with E-state index in [2.05, 4.69) is 35.2 Å². The van der Waals surface area contributed by atoms with Crippen LogP contribution in [0.1, 0.15) is 50.5 Å². The van der Waals surface area contributed by atoms with Crippen molar-refractivity contribution in [2.24, 2.45) is 0 Å². The Hall–Kier alpha value is -0.860. The minimum Gasteiger partial charge on any atom is -0.393 e. The molecule has 3 rings (SSSR count). The number of piperidine rings is 1. The van der Waals surface area contributed by atoms with Gasteiger partial charge in [-0.25, -0.2) is 0 Å². The van der Waals surface area contributed by atoms with Crippen LogP contribution in [0.15, 0.2) is 30.3 Å². The first-order chi connectivity index (χ1) is 9.31. The zero-order valence-electron chi connectivity index (χ0n) is 11.7. The van der Waals surface area contributed by atoms with Gasteiger partial charge in [-0.3, -0.25) is 4.90 Å². The summed E-state index contributed by atoms with van der Waals surface area (Å²) in [5.41, 5.74) is 1.51. The number of nitrogens with zero attached hydrogens (tertiary/aromatic N) is 1. The summed E-state index contributed by atoms with van der Waals surface area (Å²) in [4.78, 5) is 2.66. The Kier molecular flexibility index (Phi) is 3.90. The fraction of sp³-hybridized carbons (Fsp3) is 0.647. The van der Waals surface area contributed by atoms with E-state index in [1.165, 1.54) is 44.3 Å². The molecular formula is C17H25NO. The topological polar surface area (TPSA) is 23.5 Å². The molecule has 1 aromatic carbocycles. The molecule has 0 bridgehead atoms. The Morgan fingerprint density at radius 2 is 1.74 bits per heavy atom. The van der Waals surface area contributed by atoms with Crippen LogP contribution < -0.4 is 0 Å². The fourth-order valence-corrected chi connectivity index (χ4v) is 4.03. The largest absolute Gasteiger partial charge is 0.393 e. The molecule has 0 amide bonds. The lowest BCUT2D eigenvalue weighted by Crippen LogP contribution is -2.52. The molecule has 2 atom stereocenters. The molecule has 0 spiro atoms. The van der Waals surface area contributed by atoms with Crippen molar-refractivity contribution >= 4 is 0 Å². The normalized spacial score (nSPS) is 33.2. The molecule has 0 radical (unpaired) electrons. The zero-order valence-corrected chi connectivity index (χ0v) is 11.7. The molecule has 1 saturated heterocycles. The molecule has 1 aliphatic heterocycles. The Morgan fingerprint density at radius 1 is 1.00 bits per heavy atom. The summed E-state index contributed by atoms with van der Waals surface area (Å²) in [7, 11) is 0. The smallest absolute Gasteiger partial charge is 0.0561 e. The summed E-state index contributed by atoms with van der Waals surface area (Å²) < 4.78 is 0. The highest BCUT2D eigenvalue weighted by Crippen LogP contribution is 2.43. The first-order valence-electron chi connectivity index (χ1n) is 7.80. The Bertz CT molecular complexity index is 399. The quantitative estimate of drug-likeness (QED) is 0.881. The van der Waals surface area contributed by atoms with Gasteiger partial charge in [-0.2, -0.15) is 0 Å². The van der Waals surface area contributed by atoms with Gasteiger partial charge in [0, 0.05) is 5.54 Å². The van der Waals surface area contributed by atoms with Gasteiger partial charge in [0.15, 0.2) is 0 Å². The van der Waals surface area contributed by atoms with Crippen LogP contribution in [-0.2, 0) is 5.54 Å². The van der Waals surface area contributed by atoms with Crippen LogP contribution in [0.2, 0.25) is 0 Å². The second-order valence-electron chi connectivity index (χ2n) is 6.20. The molecule has 1 saturated carbocycles. The van der Waals surface area contributed by atoms with Crippen molar-refractivity contribution in [1.29, 1.82) is 0 Å². The lowest BCUT2D eigenvalue weighted by atomic mass is 9.73. The fourth-order valence-electron chi connectivity index (χ4n) is 4.03. The highest BCUT2D eigenvalue weighted by Gasteiger charge is 2.42. The predicted molar refractivity (Wildman–Crippen MR) is 78.0 cm³/mol. The molecular weight excluding hydrogens is 234 g/mol. The number of likely N-dealkylation sites (tertiary alicyclic amines) is 1. The van der Waals surface area contributed by atoms with Crippen molar-refractivity contribution in [2.75, 3.05) is 13.1 Å². The maximum Gasteiger partial charge on any atom is 0.0561 e. The molecule has 2 fully saturated rings. The predicted octanol–water partition coefficient (Wildman–Crippen LogP) is 3.30. The number of benzene rings is 1. The van der Waals surface area contributed by atoms with Crippen LogP contribution in [0.4, 0.5) is 0 Å².